The van der Waals surface area contributed by atoms with Gasteiger partial charge in [0.1, 0.15) is 12.1 Å². The number of pyridine rings is 1. The summed E-state index contributed by atoms with van der Waals surface area (Å²) in [4.78, 5) is 14.9. The number of hydrogen-bond donors (Lipinski definition) is 1. The van der Waals surface area contributed by atoms with Crippen molar-refractivity contribution in [1.82, 2.24) is 34.9 Å². The van der Waals surface area contributed by atoms with E-state index < -0.39 is 0 Å². The number of nitrogens with zero attached hydrogens (tertiary/aromatic N) is 8. The molecular weight excluding hydrogens is 354 g/mol. The van der Waals surface area contributed by atoms with Crippen LogP contribution in [0.4, 0.5) is 11.6 Å². The van der Waals surface area contributed by atoms with Crippen LogP contribution in [0.1, 0.15) is 0 Å². The number of hydrogen-bond acceptors (Lipinski definition) is 8. The molecule has 1 fully saturated rings. The van der Waals surface area contributed by atoms with Gasteiger partial charge in [-0.15, -0.1) is 10.2 Å². The fourth-order valence-electron chi connectivity index (χ4n) is 3.40. The SMILES string of the molecule is Cn1ncc2c(NCC3CN(c4ccc(-c5ccncc5)nn4)C3)ncnc21. The summed E-state index contributed by atoms with van der Waals surface area (Å²) in [7, 11) is 1.88. The number of anilines is 2. The number of aryl methyl sites for hydroxylation is 1. The maximum Gasteiger partial charge on any atom is 0.163 e. The lowest BCUT2D eigenvalue weighted by atomic mass is 10.00. The Morgan fingerprint density at radius 2 is 1.93 bits per heavy atom. The first-order chi connectivity index (χ1) is 13.8. The molecule has 0 amide bonds. The van der Waals surface area contributed by atoms with Gasteiger partial charge >= 0.3 is 0 Å². The van der Waals surface area contributed by atoms with E-state index in [0.717, 1.165) is 53.6 Å². The minimum atomic E-state index is 0.531. The van der Waals surface area contributed by atoms with Crippen molar-refractivity contribution in [2.24, 2.45) is 13.0 Å². The summed E-state index contributed by atoms with van der Waals surface area (Å²) in [5, 5.41) is 17.3. The minimum Gasteiger partial charge on any atom is -0.369 e. The van der Waals surface area contributed by atoms with E-state index in [1.807, 2.05) is 31.3 Å². The average molecular weight is 373 g/mol. The predicted molar refractivity (Wildman–Crippen MR) is 106 cm³/mol. The van der Waals surface area contributed by atoms with E-state index in [9.17, 15) is 0 Å². The molecule has 9 heteroatoms. The summed E-state index contributed by atoms with van der Waals surface area (Å²) in [6.07, 6.45) is 6.88. The third-order valence-electron chi connectivity index (χ3n) is 5.00. The van der Waals surface area contributed by atoms with Crippen LogP contribution in [0.5, 0.6) is 0 Å². The second-order valence-electron chi connectivity index (χ2n) is 6.89. The molecule has 0 atom stereocenters. The first-order valence-corrected chi connectivity index (χ1v) is 9.13. The van der Waals surface area contributed by atoms with Crippen molar-refractivity contribution in [3.63, 3.8) is 0 Å². The van der Waals surface area contributed by atoms with Crippen molar-refractivity contribution >= 4 is 22.7 Å². The molecule has 4 aromatic rings. The molecule has 0 unspecified atom stereocenters. The number of aromatic nitrogens is 7. The second-order valence-corrected chi connectivity index (χ2v) is 6.89. The van der Waals surface area contributed by atoms with E-state index in [0.29, 0.717) is 5.92 Å². The van der Waals surface area contributed by atoms with Crippen molar-refractivity contribution in [3.05, 3.63) is 49.2 Å². The molecule has 0 aliphatic carbocycles. The van der Waals surface area contributed by atoms with Gasteiger partial charge in [-0.2, -0.15) is 5.10 Å². The summed E-state index contributed by atoms with van der Waals surface area (Å²) in [6, 6.07) is 7.89. The van der Waals surface area contributed by atoms with Crippen LogP contribution in [0.3, 0.4) is 0 Å². The van der Waals surface area contributed by atoms with E-state index in [4.69, 9.17) is 0 Å². The maximum atomic E-state index is 4.38. The molecule has 0 aromatic carbocycles. The lowest BCUT2D eigenvalue weighted by molar-refractivity contribution is 0.425. The fraction of sp³-hybridized carbons (Fsp3) is 0.263. The molecule has 1 aliphatic heterocycles. The van der Waals surface area contributed by atoms with Gasteiger partial charge in [0.15, 0.2) is 11.5 Å². The first-order valence-electron chi connectivity index (χ1n) is 9.13. The van der Waals surface area contributed by atoms with Gasteiger partial charge < -0.3 is 10.2 Å². The lowest BCUT2D eigenvalue weighted by Crippen LogP contribution is -2.50. The summed E-state index contributed by atoms with van der Waals surface area (Å²) < 4.78 is 1.75. The normalized spacial score (nSPS) is 14.2. The Bertz CT molecular complexity index is 1090. The van der Waals surface area contributed by atoms with Gasteiger partial charge in [-0.25, -0.2) is 9.97 Å². The van der Waals surface area contributed by atoms with Gasteiger partial charge in [0, 0.05) is 50.6 Å². The zero-order valence-corrected chi connectivity index (χ0v) is 15.4. The molecule has 1 aliphatic rings. The van der Waals surface area contributed by atoms with Crippen LogP contribution in [-0.2, 0) is 7.05 Å². The van der Waals surface area contributed by atoms with Gasteiger partial charge in [-0.3, -0.25) is 9.67 Å². The molecule has 1 N–H and O–H groups in total. The van der Waals surface area contributed by atoms with Crippen molar-refractivity contribution < 1.29 is 0 Å². The van der Waals surface area contributed by atoms with Gasteiger partial charge in [-0.05, 0) is 24.3 Å². The van der Waals surface area contributed by atoms with E-state index in [-0.39, 0.29) is 0 Å². The Balaban J connectivity index is 1.18. The monoisotopic (exact) mass is 373 g/mol. The third kappa shape index (κ3) is 3.00. The highest BCUT2D eigenvalue weighted by Crippen LogP contribution is 2.25. The van der Waals surface area contributed by atoms with Crippen LogP contribution in [0.2, 0.25) is 0 Å². The summed E-state index contributed by atoms with van der Waals surface area (Å²) in [5.41, 5.74) is 2.71. The molecule has 1 saturated heterocycles. The van der Waals surface area contributed by atoms with Crippen molar-refractivity contribution in [2.75, 3.05) is 29.9 Å². The Morgan fingerprint density at radius 1 is 1.07 bits per heavy atom. The first kappa shape index (κ1) is 16.5. The predicted octanol–water partition coefficient (Wildman–Crippen LogP) is 1.76. The van der Waals surface area contributed by atoms with Crippen LogP contribution in [0.25, 0.3) is 22.3 Å². The van der Waals surface area contributed by atoms with E-state index in [2.05, 4.69) is 40.5 Å². The lowest BCUT2D eigenvalue weighted by Gasteiger charge is -2.40. The van der Waals surface area contributed by atoms with Gasteiger partial charge in [-0.1, -0.05) is 0 Å². The molecule has 4 aromatic heterocycles. The topological polar surface area (TPSA) is 97.5 Å². The summed E-state index contributed by atoms with van der Waals surface area (Å²) >= 11 is 0. The second kappa shape index (κ2) is 6.84. The smallest absolute Gasteiger partial charge is 0.163 e. The van der Waals surface area contributed by atoms with Crippen molar-refractivity contribution in [3.8, 4) is 11.3 Å². The molecule has 9 nitrogen and oxygen atoms in total. The largest absolute Gasteiger partial charge is 0.369 e. The number of rotatable bonds is 5. The Morgan fingerprint density at radius 3 is 2.71 bits per heavy atom. The van der Waals surface area contributed by atoms with E-state index >= 15 is 0 Å². The molecule has 0 radical (unpaired) electrons. The van der Waals surface area contributed by atoms with Gasteiger partial charge in [0.05, 0.1) is 17.3 Å². The van der Waals surface area contributed by atoms with E-state index in [1.165, 1.54) is 0 Å². The molecule has 0 saturated carbocycles. The summed E-state index contributed by atoms with van der Waals surface area (Å²) in [6.45, 7) is 2.73. The Labute approximate surface area is 161 Å². The van der Waals surface area contributed by atoms with E-state index in [1.54, 1.807) is 29.6 Å². The highest BCUT2D eigenvalue weighted by atomic mass is 15.3. The average Bonchev–Trinajstić information content (AvgIpc) is 3.10. The fourth-order valence-corrected chi connectivity index (χ4v) is 3.40. The highest BCUT2D eigenvalue weighted by molar-refractivity contribution is 5.85. The number of fused-ring (bicyclic) bond motifs is 1. The molecule has 140 valence electrons. The van der Waals surface area contributed by atoms with Crippen molar-refractivity contribution in [2.45, 2.75) is 0 Å². The maximum absolute atomic E-state index is 4.38. The minimum absolute atomic E-state index is 0.531. The zero-order chi connectivity index (χ0) is 18.9. The van der Waals surface area contributed by atoms with Crippen LogP contribution >= 0.6 is 0 Å². The summed E-state index contributed by atoms with van der Waals surface area (Å²) in [5.74, 6) is 2.27. The highest BCUT2D eigenvalue weighted by Gasteiger charge is 2.28. The molecular formula is C19H19N9. The standard InChI is InChI=1S/C19H19N9/c1-27-19-15(9-24-27)18(22-12-23-19)21-8-13-10-28(11-13)17-3-2-16(25-26-17)14-4-6-20-7-5-14/h2-7,9,12-13H,8,10-11H2,1H3,(H,21,22,23). The van der Waals surface area contributed by atoms with Crippen molar-refractivity contribution in [1.29, 1.82) is 0 Å². The van der Waals surface area contributed by atoms with Gasteiger partial charge in [0.25, 0.3) is 0 Å². The third-order valence-corrected chi connectivity index (χ3v) is 5.00. The molecule has 0 bridgehead atoms. The Hall–Kier alpha value is -3.62. The van der Waals surface area contributed by atoms with Crippen LogP contribution in [-0.4, -0.2) is 54.6 Å². The van der Waals surface area contributed by atoms with Crippen LogP contribution in [0.15, 0.2) is 49.2 Å². The molecule has 5 rings (SSSR count). The number of nitrogens with one attached hydrogen (secondary N) is 1. The molecule has 0 spiro atoms. The van der Waals surface area contributed by atoms with Crippen LogP contribution in [0, 0.1) is 5.92 Å². The Kier molecular flexibility index (Phi) is 4.04. The quantitative estimate of drug-likeness (QED) is 0.565. The zero-order valence-electron chi connectivity index (χ0n) is 15.4. The van der Waals surface area contributed by atoms with Gasteiger partial charge in [0.2, 0.25) is 0 Å². The molecule has 28 heavy (non-hydrogen) atoms. The van der Waals surface area contributed by atoms with Crippen LogP contribution < -0.4 is 10.2 Å². The molecule has 5 heterocycles.